The summed E-state index contributed by atoms with van der Waals surface area (Å²) >= 11 is 3.11. The van der Waals surface area contributed by atoms with Crippen LogP contribution in [0.25, 0.3) is 10.6 Å². The highest BCUT2D eigenvalue weighted by atomic mass is 32.1. The summed E-state index contributed by atoms with van der Waals surface area (Å²) in [5.41, 5.74) is 1.88. The van der Waals surface area contributed by atoms with Gasteiger partial charge in [0.05, 0.1) is 11.6 Å². The summed E-state index contributed by atoms with van der Waals surface area (Å²) in [7, 11) is 0. The molecular weight excluding hydrogens is 356 g/mol. The molecule has 1 aliphatic heterocycles. The number of thiophene rings is 1. The Hall–Kier alpha value is -2.06. The van der Waals surface area contributed by atoms with E-state index >= 15 is 0 Å². The molecule has 0 aromatic carbocycles. The zero-order valence-corrected chi connectivity index (χ0v) is 15.7. The van der Waals surface area contributed by atoms with Crippen LogP contribution in [0.15, 0.2) is 21.3 Å². The fourth-order valence-corrected chi connectivity index (χ4v) is 4.84. The third-order valence-corrected chi connectivity index (χ3v) is 6.24. The van der Waals surface area contributed by atoms with Gasteiger partial charge in [-0.3, -0.25) is 4.79 Å². The quantitative estimate of drug-likeness (QED) is 0.695. The molecule has 8 heteroatoms. The normalized spacial score (nSPS) is 17.8. The van der Waals surface area contributed by atoms with Crippen LogP contribution >= 0.6 is 22.7 Å². The maximum Gasteiger partial charge on any atom is 0.265 e. The van der Waals surface area contributed by atoms with Crippen LogP contribution in [0.3, 0.4) is 0 Å². The Morgan fingerprint density at radius 2 is 2.24 bits per heavy atom. The summed E-state index contributed by atoms with van der Waals surface area (Å²) in [6.45, 7) is 5.09. The van der Waals surface area contributed by atoms with Gasteiger partial charge in [0, 0.05) is 24.0 Å². The minimum Gasteiger partial charge on any atom is -0.339 e. The van der Waals surface area contributed by atoms with Gasteiger partial charge in [0.2, 0.25) is 5.89 Å². The predicted molar refractivity (Wildman–Crippen MR) is 97.1 cm³/mol. The lowest BCUT2D eigenvalue weighted by Crippen LogP contribution is -2.39. The molecule has 4 rings (SSSR count). The van der Waals surface area contributed by atoms with Crippen molar-refractivity contribution in [2.45, 2.75) is 32.6 Å². The van der Waals surface area contributed by atoms with Crippen molar-refractivity contribution in [1.29, 1.82) is 0 Å². The molecule has 0 bridgehead atoms. The van der Waals surface area contributed by atoms with E-state index < -0.39 is 0 Å². The van der Waals surface area contributed by atoms with E-state index in [0.717, 1.165) is 40.5 Å². The molecule has 4 heterocycles. The van der Waals surface area contributed by atoms with Crippen LogP contribution in [-0.2, 0) is 0 Å². The second-order valence-electron chi connectivity index (χ2n) is 6.22. The van der Waals surface area contributed by atoms with Crippen LogP contribution in [0.4, 0.5) is 0 Å². The molecule has 130 valence electrons. The number of aryl methyl sites for hydroxylation is 2. The highest BCUT2D eigenvalue weighted by Crippen LogP contribution is 2.32. The van der Waals surface area contributed by atoms with Gasteiger partial charge >= 0.3 is 0 Å². The van der Waals surface area contributed by atoms with Gasteiger partial charge in [-0.2, -0.15) is 16.3 Å². The number of hydrogen-bond donors (Lipinski definition) is 0. The molecule has 6 nitrogen and oxygen atoms in total. The lowest BCUT2D eigenvalue weighted by atomic mass is 9.98. The maximum atomic E-state index is 13.0. The first-order chi connectivity index (χ1) is 12.1. The molecule has 3 aromatic rings. The molecule has 0 saturated carbocycles. The van der Waals surface area contributed by atoms with Gasteiger partial charge in [-0.25, -0.2) is 4.98 Å². The summed E-state index contributed by atoms with van der Waals surface area (Å²) < 4.78 is 5.31. The zero-order chi connectivity index (χ0) is 17.4. The molecule has 3 aromatic heterocycles. The van der Waals surface area contributed by atoms with Gasteiger partial charge < -0.3 is 9.42 Å². The molecule has 0 N–H and O–H groups in total. The van der Waals surface area contributed by atoms with E-state index in [0.29, 0.717) is 18.3 Å². The molecule has 1 saturated heterocycles. The lowest BCUT2D eigenvalue weighted by Gasteiger charge is -2.30. The van der Waals surface area contributed by atoms with Gasteiger partial charge in [0.25, 0.3) is 5.91 Å². The molecule has 0 spiro atoms. The first kappa shape index (κ1) is 16.4. The first-order valence-corrected chi connectivity index (χ1v) is 9.97. The van der Waals surface area contributed by atoms with Crippen LogP contribution in [-0.4, -0.2) is 39.0 Å². The molecule has 1 unspecified atom stereocenters. The topological polar surface area (TPSA) is 72.1 Å². The summed E-state index contributed by atoms with van der Waals surface area (Å²) in [5, 5.41) is 8.85. The van der Waals surface area contributed by atoms with Crippen molar-refractivity contribution in [3.63, 3.8) is 0 Å². The van der Waals surface area contributed by atoms with Crippen molar-refractivity contribution in [2.24, 2.45) is 0 Å². The maximum absolute atomic E-state index is 13.0. The van der Waals surface area contributed by atoms with E-state index in [1.165, 1.54) is 11.3 Å². The first-order valence-electron chi connectivity index (χ1n) is 8.21. The van der Waals surface area contributed by atoms with E-state index in [4.69, 9.17) is 4.52 Å². The molecule has 1 fully saturated rings. The fourth-order valence-electron chi connectivity index (χ4n) is 3.09. The Morgan fingerprint density at radius 1 is 1.36 bits per heavy atom. The van der Waals surface area contributed by atoms with Gasteiger partial charge in [-0.15, -0.1) is 11.3 Å². The average molecular weight is 374 g/mol. The predicted octanol–water partition coefficient (Wildman–Crippen LogP) is 3.89. The number of rotatable bonds is 3. The van der Waals surface area contributed by atoms with E-state index in [2.05, 4.69) is 20.5 Å². The number of thiazole rings is 1. The monoisotopic (exact) mass is 374 g/mol. The van der Waals surface area contributed by atoms with Gasteiger partial charge in [-0.1, -0.05) is 5.16 Å². The van der Waals surface area contributed by atoms with Crippen LogP contribution < -0.4 is 0 Å². The molecule has 0 radical (unpaired) electrons. The molecule has 1 amide bonds. The Kier molecular flexibility index (Phi) is 4.39. The number of likely N-dealkylation sites (tertiary alicyclic amines) is 1. The minimum absolute atomic E-state index is 0.0532. The zero-order valence-electron chi connectivity index (χ0n) is 14.1. The summed E-state index contributed by atoms with van der Waals surface area (Å²) in [6.07, 6.45) is 1.90. The molecule has 0 aliphatic carbocycles. The number of carbonyl (C=O) groups is 1. The molecule has 25 heavy (non-hydrogen) atoms. The number of carbonyl (C=O) groups excluding carboxylic acids is 1. The third kappa shape index (κ3) is 3.23. The van der Waals surface area contributed by atoms with Crippen molar-refractivity contribution in [3.8, 4) is 10.6 Å². The van der Waals surface area contributed by atoms with Crippen molar-refractivity contribution in [3.05, 3.63) is 39.1 Å². The standard InChI is InChI=1S/C17H18N4O2S2/c1-10-14(25-16(18-10)13-5-7-24-9-13)17(22)21-6-3-4-12(8-21)15-19-11(2)20-23-15/h5,7,9,12H,3-4,6,8H2,1-2H3. The highest BCUT2D eigenvalue weighted by Gasteiger charge is 2.30. The van der Waals surface area contributed by atoms with Crippen LogP contribution in [0, 0.1) is 13.8 Å². The number of aromatic nitrogens is 3. The second-order valence-corrected chi connectivity index (χ2v) is 7.99. The number of amides is 1. The van der Waals surface area contributed by atoms with Gasteiger partial charge in [0.15, 0.2) is 5.82 Å². The van der Waals surface area contributed by atoms with Gasteiger partial charge in [-0.05, 0) is 38.1 Å². The van der Waals surface area contributed by atoms with Crippen LogP contribution in [0.5, 0.6) is 0 Å². The Labute approximate surface area is 153 Å². The highest BCUT2D eigenvalue weighted by molar-refractivity contribution is 7.17. The lowest BCUT2D eigenvalue weighted by molar-refractivity contribution is 0.0699. The Morgan fingerprint density at radius 3 is 2.96 bits per heavy atom. The summed E-state index contributed by atoms with van der Waals surface area (Å²) in [4.78, 5) is 24.6. The van der Waals surface area contributed by atoms with E-state index in [9.17, 15) is 4.79 Å². The number of nitrogens with zero attached hydrogens (tertiary/aromatic N) is 4. The van der Waals surface area contributed by atoms with Crippen LogP contribution in [0.1, 0.15) is 45.8 Å². The minimum atomic E-state index is 0.0532. The largest absolute Gasteiger partial charge is 0.339 e. The third-order valence-electron chi connectivity index (χ3n) is 4.36. The van der Waals surface area contributed by atoms with Gasteiger partial charge in [0.1, 0.15) is 9.88 Å². The Bertz CT molecular complexity index is 884. The van der Waals surface area contributed by atoms with E-state index in [1.54, 1.807) is 11.3 Å². The average Bonchev–Trinajstić information content (AvgIpc) is 3.35. The van der Waals surface area contributed by atoms with Crippen LogP contribution in [0.2, 0.25) is 0 Å². The molecule has 1 aliphatic rings. The van der Waals surface area contributed by atoms with E-state index in [-0.39, 0.29) is 11.8 Å². The SMILES string of the molecule is Cc1noc(C2CCCN(C(=O)c3sc(-c4ccsc4)nc3C)C2)n1. The fraction of sp³-hybridized carbons (Fsp3) is 0.412. The van der Waals surface area contributed by atoms with Crippen molar-refractivity contribution in [2.75, 3.05) is 13.1 Å². The van der Waals surface area contributed by atoms with E-state index in [1.807, 2.05) is 30.2 Å². The smallest absolute Gasteiger partial charge is 0.265 e. The molecule has 1 atom stereocenters. The number of hydrogen-bond acceptors (Lipinski definition) is 7. The Balaban J connectivity index is 1.54. The van der Waals surface area contributed by atoms with Crippen molar-refractivity contribution in [1.82, 2.24) is 20.0 Å². The van der Waals surface area contributed by atoms with Crippen molar-refractivity contribution < 1.29 is 9.32 Å². The van der Waals surface area contributed by atoms with Crippen molar-refractivity contribution >= 4 is 28.6 Å². The molecular formula is C17H18N4O2S2. The second kappa shape index (κ2) is 6.68. The number of piperidine rings is 1. The summed E-state index contributed by atoms with van der Waals surface area (Å²) in [5.74, 6) is 1.44. The summed E-state index contributed by atoms with van der Waals surface area (Å²) in [6, 6.07) is 2.03.